The van der Waals surface area contributed by atoms with Gasteiger partial charge in [0.1, 0.15) is 11.5 Å². The Hall–Kier alpha value is -1.65. The molecule has 1 heterocycles. The smallest absolute Gasteiger partial charge is 0.271 e. The summed E-state index contributed by atoms with van der Waals surface area (Å²) in [7, 11) is 1.77. The summed E-state index contributed by atoms with van der Waals surface area (Å²) in [5, 5.41) is 5.94. The largest absolute Gasteiger partial charge is 0.372 e. The van der Waals surface area contributed by atoms with Crippen molar-refractivity contribution in [2.75, 3.05) is 12.4 Å². The molecule has 1 aliphatic carbocycles. The van der Waals surface area contributed by atoms with Gasteiger partial charge in [-0.3, -0.25) is 4.79 Å². The van der Waals surface area contributed by atoms with Crippen LogP contribution in [-0.2, 0) is 0 Å². The van der Waals surface area contributed by atoms with Crippen LogP contribution in [0.15, 0.2) is 12.4 Å². The Kier molecular flexibility index (Phi) is 4.71. The van der Waals surface area contributed by atoms with Gasteiger partial charge in [0.2, 0.25) is 0 Å². The Balaban J connectivity index is 1.87. The van der Waals surface area contributed by atoms with Crippen molar-refractivity contribution < 1.29 is 4.79 Å². The minimum absolute atomic E-state index is 0.116. The SMILES string of the molecule is CCC1CCC(NC(=O)c2cnc(NC)cn2)CC1. The summed E-state index contributed by atoms with van der Waals surface area (Å²) in [6.07, 6.45) is 8.91. The van der Waals surface area contributed by atoms with Gasteiger partial charge in [0.25, 0.3) is 5.91 Å². The van der Waals surface area contributed by atoms with Crippen molar-refractivity contribution in [3.8, 4) is 0 Å². The van der Waals surface area contributed by atoms with Crippen molar-refractivity contribution in [2.45, 2.75) is 45.1 Å². The molecule has 0 aliphatic heterocycles. The van der Waals surface area contributed by atoms with Gasteiger partial charge in [0.15, 0.2) is 0 Å². The standard InChI is InChI=1S/C14H22N4O/c1-3-10-4-6-11(7-5-10)18-14(19)12-8-17-13(15-2)9-16-12/h8-11H,3-7H2,1-2H3,(H,15,17)(H,18,19). The molecule has 0 saturated heterocycles. The number of carbonyl (C=O) groups excluding carboxylic acids is 1. The third-order valence-corrected chi connectivity index (χ3v) is 3.90. The molecule has 104 valence electrons. The number of aromatic nitrogens is 2. The van der Waals surface area contributed by atoms with E-state index in [2.05, 4.69) is 27.5 Å². The molecule has 0 atom stereocenters. The molecule has 1 fully saturated rings. The topological polar surface area (TPSA) is 66.9 Å². The van der Waals surface area contributed by atoms with Crippen molar-refractivity contribution in [3.63, 3.8) is 0 Å². The molecule has 1 saturated carbocycles. The van der Waals surface area contributed by atoms with Gasteiger partial charge >= 0.3 is 0 Å². The molecule has 0 bridgehead atoms. The van der Waals surface area contributed by atoms with Crippen molar-refractivity contribution in [1.29, 1.82) is 0 Å². The van der Waals surface area contributed by atoms with E-state index in [0.29, 0.717) is 17.6 Å². The van der Waals surface area contributed by atoms with E-state index in [-0.39, 0.29) is 5.91 Å². The second-order valence-electron chi connectivity index (χ2n) is 5.14. The first-order valence-electron chi connectivity index (χ1n) is 7.03. The van der Waals surface area contributed by atoms with Crippen molar-refractivity contribution in [3.05, 3.63) is 18.1 Å². The fourth-order valence-corrected chi connectivity index (χ4v) is 2.55. The van der Waals surface area contributed by atoms with E-state index in [1.807, 2.05) is 0 Å². The minimum atomic E-state index is -0.116. The summed E-state index contributed by atoms with van der Waals surface area (Å²) >= 11 is 0. The number of hydrogen-bond acceptors (Lipinski definition) is 4. The lowest BCUT2D eigenvalue weighted by molar-refractivity contribution is 0.0916. The van der Waals surface area contributed by atoms with Crippen LogP contribution in [0.2, 0.25) is 0 Å². The number of carbonyl (C=O) groups is 1. The van der Waals surface area contributed by atoms with E-state index in [0.717, 1.165) is 18.8 Å². The number of rotatable bonds is 4. The molecule has 2 rings (SSSR count). The molecule has 2 N–H and O–H groups in total. The fourth-order valence-electron chi connectivity index (χ4n) is 2.55. The predicted molar refractivity (Wildman–Crippen MR) is 75.1 cm³/mol. The molecule has 1 aromatic heterocycles. The van der Waals surface area contributed by atoms with Crippen LogP contribution in [0.25, 0.3) is 0 Å². The molecule has 1 amide bonds. The lowest BCUT2D eigenvalue weighted by Gasteiger charge is -2.28. The molecule has 19 heavy (non-hydrogen) atoms. The molecular weight excluding hydrogens is 240 g/mol. The summed E-state index contributed by atoms with van der Waals surface area (Å²) in [6.45, 7) is 2.24. The number of amides is 1. The van der Waals surface area contributed by atoms with E-state index in [1.165, 1.54) is 25.5 Å². The van der Waals surface area contributed by atoms with Crippen LogP contribution in [0.1, 0.15) is 49.5 Å². The summed E-state index contributed by atoms with van der Waals surface area (Å²) in [6, 6.07) is 0.293. The van der Waals surface area contributed by atoms with Crippen molar-refractivity contribution in [2.24, 2.45) is 5.92 Å². The summed E-state index contributed by atoms with van der Waals surface area (Å²) in [5.74, 6) is 1.39. The molecule has 0 spiro atoms. The molecule has 1 aliphatic rings. The highest BCUT2D eigenvalue weighted by Gasteiger charge is 2.22. The molecular formula is C14H22N4O. The Morgan fingerprint density at radius 1 is 1.26 bits per heavy atom. The maximum absolute atomic E-state index is 12.0. The Morgan fingerprint density at radius 3 is 2.53 bits per heavy atom. The first-order chi connectivity index (χ1) is 9.22. The normalized spacial score (nSPS) is 22.8. The van der Waals surface area contributed by atoms with Gasteiger partial charge in [-0.05, 0) is 31.6 Å². The average molecular weight is 262 g/mol. The van der Waals surface area contributed by atoms with Gasteiger partial charge in [-0.25, -0.2) is 9.97 Å². The van der Waals surface area contributed by atoms with E-state index in [9.17, 15) is 4.79 Å². The van der Waals surface area contributed by atoms with Gasteiger partial charge in [0, 0.05) is 13.1 Å². The van der Waals surface area contributed by atoms with Gasteiger partial charge in [-0.15, -0.1) is 0 Å². The Labute approximate surface area is 114 Å². The van der Waals surface area contributed by atoms with E-state index < -0.39 is 0 Å². The zero-order chi connectivity index (χ0) is 13.7. The summed E-state index contributed by atoms with van der Waals surface area (Å²) in [4.78, 5) is 20.2. The second-order valence-corrected chi connectivity index (χ2v) is 5.14. The zero-order valence-electron chi connectivity index (χ0n) is 11.6. The van der Waals surface area contributed by atoms with Crippen LogP contribution < -0.4 is 10.6 Å². The number of nitrogens with one attached hydrogen (secondary N) is 2. The molecule has 0 aromatic carbocycles. The molecule has 5 nitrogen and oxygen atoms in total. The average Bonchev–Trinajstić information content (AvgIpc) is 2.48. The lowest BCUT2D eigenvalue weighted by Crippen LogP contribution is -2.38. The molecule has 0 radical (unpaired) electrons. The lowest BCUT2D eigenvalue weighted by atomic mass is 9.84. The second kappa shape index (κ2) is 6.50. The maximum Gasteiger partial charge on any atom is 0.271 e. The van der Waals surface area contributed by atoms with Gasteiger partial charge in [0.05, 0.1) is 12.4 Å². The first-order valence-corrected chi connectivity index (χ1v) is 7.03. The van der Waals surface area contributed by atoms with Crippen LogP contribution in [0.3, 0.4) is 0 Å². The van der Waals surface area contributed by atoms with Gasteiger partial charge in [-0.1, -0.05) is 13.3 Å². The highest BCUT2D eigenvalue weighted by Crippen LogP contribution is 2.26. The number of hydrogen-bond donors (Lipinski definition) is 2. The van der Waals surface area contributed by atoms with E-state index in [4.69, 9.17) is 0 Å². The highest BCUT2D eigenvalue weighted by atomic mass is 16.1. The quantitative estimate of drug-likeness (QED) is 0.873. The van der Waals surface area contributed by atoms with Crippen LogP contribution in [0.4, 0.5) is 5.82 Å². The van der Waals surface area contributed by atoms with Crippen molar-refractivity contribution in [1.82, 2.24) is 15.3 Å². The zero-order valence-corrected chi connectivity index (χ0v) is 11.6. The van der Waals surface area contributed by atoms with E-state index in [1.54, 1.807) is 13.2 Å². The van der Waals surface area contributed by atoms with Gasteiger partial charge in [-0.2, -0.15) is 0 Å². The number of anilines is 1. The number of nitrogens with zero attached hydrogens (tertiary/aromatic N) is 2. The van der Waals surface area contributed by atoms with Crippen LogP contribution in [0, 0.1) is 5.92 Å². The third kappa shape index (κ3) is 3.66. The van der Waals surface area contributed by atoms with Gasteiger partial charge < -0.3 is 10.6 Å². The maximum atomic E-state index is 12.0. The van der Waals surface area contributed by atoms with Crippen LogP contribution in [-0.4, -0.2) is 29.0 Å². The van der Waals surface area contributed by atoms with Crippen molar-refractivity contribution >= 4 is 11.7 Å². The Bertz CT molecular complexity index is 410. The summed E-state index contributed by atoms with van der Waals surface area (Å²) < 4.78 is 0. The third-order valence-electron chi connectivity index (χ3n) is 3.90. The Morgan fingerprint density at radius 2 is 2.00 bits per heavy atom. The minimum Gasteiger partial charge on any atom is -0.372 e. The molecule has 0 unspecified atom stereocenters. The van der Waals surface area contributed by atoms with E-state index >= 15 is 0 Å². The van der Waals surface area contributed by atoms with Crippen LogP contribution in [0.5, 0.6) is 0 Å². The monoisotopic (exact) mass is 262 g/mol. The highest BCUT2D eigenvalue weighted by molar-refractivity contribution is 5.92. The molecule has 5 heteroatoms. The summed E-state index contributed by atoms with van der Waals surface area (Å²) in [5.41, 5.74) is 0.386. The fraction of sp³-hybridized carbons (Fsp3) is 0.643. The first kappa shape index (κ1) is 13.8. The predicted octanol–water partition coefficient (Wildman–Crippen LogP) is 2.22. The van der Waals surface area contributed by atoms with Crippen LogP contribution >= 0.6 is 0 Å². The molecule has 1 aromatic rings.